The maximum absolute atomic E-state index is 13.8. The fourth-order valence-electron chi connectivity index (χ4n) is 1.93. The number of aryl methyl sites for hydroxylation is 1. The summed E-state index contributed by atoms with van der Waals surface area (Å²) in [7, 11) is 1.77. The molecule has 0 spiro atoms. The fraction of sp³-hybridized carbons (Fsp3) is 0.250. The average molecular weight is 254 g/mol. The monoisotopic (exact) mass is 253 g/mol. The summed E-state index contributed by atoms with van der Waals surface area (Å²) in [5, 5.41) is 4.75. The zero-order valence-electron chi connectivity index (χ0n) is 9.67. The predicted molar refractivity (Wildman–Crippen MR) is 66.2 cm³/mol. The Bertz CT molecular complexity index is 563. The highest BCUT2D eigenvalue weighted by atomic mass is 35.5. The molecule has 2 aromatic rings. The van der Waals surface area contributed by atoms with Gasteiger partial charge in [-0.2, -0.15) is 5.10 Å². The van der Waals surface area contributed by atoms with Crippen molar-refractivity contribution < 1.29 is 4.39 Å². The van der Waals surface area contributed by atoms with Crippen LogP contribution < -0.4 is 5.73 Å². The highest BCUT2D eigenvalue weighted by molar-refractivity contribution is 6.30. The van der Waals surface area contributed by atoms with E-state index in [0.717, 1.165) is 11.3 Å². The van der Waals surface area contributed by atoms with Crippen LogP contribution in [0, 0.1) is 12.7 Å². The van der Waals surface area contributed by atoms with Gasteiger partial charge in [0.15, 0.2) is 0 Å². The molecule has 2 N–H and O–H groups in total. The fourth-order valence-corrected chi connectivity index (χ4v) is 2.11. The molecule has 0 unspecified atom stereocenters. The molecule has 0 amide bonds. The zero-order chi connectivity index (χ0) is 12.6. The van der Waals surface area contributed by atoms with Gasteiger partial charge in [-0.05, 0) is 30.7 Å². The lowest BCUT2D eigenvalue weighted by Gasteiger charge is -2.06. The van der Waals surface area contributed by atoms with Gasteiger partial charge in [-0.25, -0.2) is 4.39 Å². The molecule has 0 atom stereocenters. The van der Waals surface area contributed by atoms with Crippen molar-refractivity contribution in [2.24, 2.45) is 12.8 Å². The summed E-state index contributed by atoms with van der Waals surface area (Å²) in [6.45, 7) is 2.22. The Hall–Kier alpha value is -1.39. The van der Waals surface area contributed by atoms with Crippen molar-refractivity contribution in [2.75, 3.05) is 0 Å². The van der Waals surface area contributed by atoms with Gasteiger partial charge in [-0.1, -0.05) is 11.6 Å². The maximum Gasteiger partial charge on any atom is 0.132 e. The molecule has 0 radical (unpaired) electrons. The molecule has 17 heavy (non-hydrogen) atoms. The first-order valence-electron chi connectivity index (χ1n) is 5.22. The van der Waals surface area contributed by atoms with E-state index in [-0.39, 0.29) is 5.82 Å². The summed E-state index contributed by atoms with van der Waals surface area (Å²) < 4.78 is 15.4. The largest absolute Gasteiger partial charge is 0.325 e. The average Bonchev–Trinajstić information content (AvgIpc) is 2.58. The van der Waals surface area contributed by atoms with Gasteiger partial charge in [0.2, 0.25) is 0 Å². The van der Waals surface area contributed by atoms with Crippen molar-refractivity contribution in [1.82, 2.24) is 9.78 Å². The smallest absolute Gasteiger partial charge is 0.132 e. The maximum atomic E-state index is 13.8. The number of halogens is 2. The molecule has 0 bridgehead atoms. The van der Waals surface area contributed by atoms with Crippen LogP contribution >= 0.6 is 11.6 Å². The molecule has 0 aliphatic heterocycles. The Morgan fingerprint density at radius 1 is 1.47 bits per heavy atom. The van der Waals surface area contributed by atoms with Crippen LogP contribution in [0.2, 0.25) is 5.02 Å². The third-order valence-electron chi connectivity index (χ3n) is 2.76. The van der Waals surface area contributed by atoms with Gasteiger partial charge >= 0.3 is 0 Å². The second-order valence-corrected chi connectivity index (χ2v) is 4.31. The van der Waals surface area contributed by atoms with Crippen LogP contribution in [0.5, 0.6) is 0 Å². The third kappa shape index (κ3) is 2.06. The summed E-state index contributed by atoms with van der Waals surface area (Å²) >= 11 is 5.89. The van der Waals surface area contributed by atoms with Crippen LogP contribution in [-0.2, 0) is 13.6 Å². The van der Waals surface area contributed by atoms with Crippen LogP contribution in [0.15, 0.2) is 18.2 Å². The minimum atomic E-state index is -0.316. The molecule has 3 nitrogen and oxygen atoms in total. The molecule has 0 aliphatic carbocycles. The highest BCUT2D eigenvalue weighted by Gasteiger charge is 2.16. The van der Waals surface area contributed by atoms with Crippen molar-refractivity contribution in [3.63, 3.8) is 0 Å². The molecule has 0 fully saturated rings. The summed E-state index contributed by atoms with van der Waals surface area (Å²) in [4.78, 5) is 0. The van der Waals surface area contributed by atoms with Crippen LogP contribution in [0.3, 0.4) is 0 Å². The number of hydrogen-bond donors (Lipinski definition) is 1. The number of benzene rings is 1. The Kier molecular flexibility index (Phi) is 3.17. The van der Waals surface area contributed by atoms with E-state index in [1.54, 1.807) is 17.8 Å². The lowest BCUT2D eigenvalue weighted by molar-refractivity contribution is 0.627. The summed E-state index contributed by atoms with van der Waals surface area (Å²) in [5.41, 5.74) is 8.40. The molecule has 0 saturated heterocycles. The molecule has 2 rings (SSSR count). The Morgan fingerprint density at radius 3 is 2.76 bits per heavy atom. The second kappa shape index (κ2) is 4.47. The normalized spacial score (nSPS) is 10.9. The Morgan fingerprint density at radius 2 is 2.18 bits per heavy atom. The summed E-state index contributed by atoms with van der Waals surface area (Å²) in [6, 6.07) is 4.48. The number of hydrogen-bond acceptors (Lipinski definition) is 2. The molecule has 90 valence electrons. The van der Waals surface area contributed by atoms with E-state index >= 15 is 0 Å². The Balaban J connectivity index is 2.68. The number of aromatic nitrogens is 2. The van der Waals surface area contributed by atoms with E-state index in [0.29, 0.717) is 22.8 Å². The first kappa shape index (κ1) is 12.1. The minimum absolute atomic E-state index is 0.316. The third-order valence-corrected chi connectivity index (χ3v) is 2.99. The van der Waals surface area contributed by atoms with Gasteiger partial charge in [0, 0.05) is 24.2 Å². The van der Waals surface area contributed by atoms with Crippen LogP contribution in [0.25, 0.3) is 11.3 Å². The minimum Gasteiger partial charge on any atom is -0.325 e. The summed E-state index contributed by atoms with van der Waals surface area (Å²) in [6.07, 6.45) is 0. The topological polar surface area (TPSA) is 43.8 Å². The van der Waals surface area contributed by atoms with Gasteiger partial charge in [0.05, 0.1) is 11.4 Å². The SMILES string of the molecule is Cc1c(CN)nn(C)c1-c1cc(Cl)ccc1F. The van der Waals surface area contributed by atoms with Crippen LogP contribution in [-0.4, -0.2) is 9.78 Å². The number of nitrogens with zero attached hydrogens (tertiary/aromatic N) is 2. The highest BCUT2D eigenvalue weighted by Crippen LogP contribution is 2.29. The summed E-state index contributed by atoms with van der Waals surface area (Å²) in [5.74, 6) is -0.316. The van der Waals surface area contributed by atoms with E-state index in [1.165, 1.54) is 12.1 Å². The zero-order valence-corrected chi connectivity index (χ0v) is 10.4. The van der Waals surface area contributed by atoms with Crippen molar-refractivity contribution in [3.05, 3.63) is 40.3 Å². The predicted octanol–water partition coefficient (Wildman–Crippen LogP) is 2.65. The van der Waals surface area contributed by atoms with Gasteiger partial charge in [0.25, 0.3) is 0 Å². The van der Waals surface area contributed by atoms with Gasteiger partial charge in [0.1, 0.15) is 5.82 Å². The number of rotatable bonds is 2. The standard InChI is InChI=1S/C12H13ClFN3/c1-7-11(6-15)16-17(2)12(7)9-5-8(13)3-4-10(9)14/h3-5H,6,15H2,1-2H3. The van der Waals surface area contributed by atoms with Crippen molar-refractivity contribution in [2.45, 2.75) is 13.5 Å². The lowest BCUT2D eigenvalue weighted by atomic mass is 10.1. The van der Waals surface area contributed by atoms with Crippen LogP contribution in [0.1, 0.15) is 11.3 Å². The van der Waals surface area contributed by atoms with E-state index in [2.05, 4.69) is 5.10 Å². The molecule has 5 heteroatoms. The van der Waals surface area contributed by atoms with E-state index in [9.17, 15) is 4.39 Å². The first-order chi connectivity index (χ1) is 8.04. The first-order valence-corrected chi connectivity index (χ1v) is 5.60. The second-order valence-electron chi connectivity index (χ2n) is 3.87. The number of nitrogens with two attached hydrogens (primary N) is 1. The molecule has 1 heterocycles. The van der Waals surface area contributed by atoms with E-state index in [4.69, 9.17) is 17.3 Å². The van der Waals surface area contributed by atoms with Crippen molar-refractivity contribution in [1.29, 1.82) is 0 Å². The van der Waals surface area contributed by atoms with E-state index < -0.39 is 0 Å². The van der Waals surface area contributed by atoms with Gasteiger partial charge < -0.3 is 5.73 Å². The molecule has 0 saturated carbocycles. The molecular weight excluding hydrogens is 241 g/mol. The van der Waals surface area contributed by atoms with Gasteiger partial charge in [-0.3, -0.25) is 4.68 Å². The molecule has 0 aliphatic rings. The molecule has 1 aromatic heterocycles. The molecular formula is C12H13ClFN3. The quantitative estimate of drug-likeness (QED) is 0.894. The van der Waals surface area contributed by atoms with Crippen molar-refractivity contribution >= 4 is 11.6 Å². The lowest BCUT2D eigenvalue weighted by Crippen LogP contribution is -1.99. The van der Waals surface area contributed by atoms with E-state index in [1.807, 2.05) is 6.92 Å². The van der Waals surface area contributed by atoms with Crippen molar-refractivity contribution in [3.8, 4) is 11.3 Å². The molecule has 1 aromatic carbocycles. The van der Waals surface area contributed by atoms with Gasteiger partial charge in [-0.15, -0.1) is 0 Å². The van der Waals surface area contributed by atoms with Crippen LogP contribution in [0.4, 0.5) is 4.39 Å². The Labute approximate surface area is 104 Å².